The minimum atomic E-state index is -3.36. The standard InChI is InChI=1S/C19H17FN6O2S/c1-10-3-5-12(8-16(10)29(2,27)28)23-19-22-9-14(18(21)24-19)17-13-7-11(20)4-6-15(13)25-26-17/h3-9H,1-2H3,(H,25,26)(H3,21,22,23,24). The number of aromatic nitrogens is 4. The normalized spacial score (nSPS) is 11.7. The molecule has 0 bridgehead atoms. The first kappa shape index (κ1) is 18.8. The molecule has 0 aliphatic rings. The highest BCUT2D eigenvalue weighted by Gasteiger charge is 2.15. The van der Waals surface area contributed by atoms with Gasteiger partial charge in [-0.3, -0.25) is 5.10 Å². The number of benzene rings is 2. The van der Waals surface area contributed by atoms with Crippen molar-refractivity contribution >= 4 is 38.2 Å². The van der Waals surface area contributed by atoms with E-state index in [9.17, 15) is 12.8 Å². The SMILES string of the molecule is Cc1ccc(Nc2ncc(-c3n[nH]c4ccc(F)cc34)c(N)n2)cc1S(C)(=O)=O. The van der Waals surface area contributed by atoms with Gasteiger partial charge in [0.15, 0.2) is 9.84 Å². The number of aromatic amines is 1. The summed E-state index contributed by atoms with van der Waals surface area (Å²) in [6, 6.07) is 9.22. The van der Waals surface area contributed by atoms with E-state index in [2.05, 4.69) is 25.5 Å². The predicted molar refractivity (Wildman–Crippen MR) is 109 cm³/mol. The molecule has 0 unspecified atom stereocenters. The highest BCUT2D eigenvalue weighted by atomic mass is 32.2. The lowest BCUT2D eigenvalue weighted by Gasteiger charge is -2.10. The second kappa shape index (κ2) is 6.82. The lowest BCUT2D eigenvalue weighted by Crippen LogP contribution is -2.04. The Kier molecular flexibility index (Phi) is 4.42. The number of hydrogen-bond donors (Lipinski definition) is 3. The van der Waals surface area contributed by atoms with Crippen molar-refractivity contribution in [1.82, 2.24) is 20.2 Å². The average Bonchev–Trinajstić information content (AvgIpc) is 3.05. The Bertz CT molecular complexity index is 1350. The van der Waals surface area contributed by atoms with Gasteiger partial charge in [-0.1, -0.05) is 6.07 Å². The van der Waals surface area contributed by atoms with Gasteiger partial charge in [0.05, 0.1) is 16.0 Å². The van der Waals surface area contributed by atoms with Gasteiger partial charge in [0.25, 0.3) is 0 Å². The molecule has 0 fully saturated rings. The molecule has 0 saturated carbocycles. The Balaban J connectivity index is 1.69. The fourth-order valence-corrected chi connectivity index (χ4v) is 4.03. The molecule has 8 nitrogen and oxygen atoms in total. The minimum absolute atomic E-state index is 0.149. The van der Waals surface area contributed by atoms with Crippen molar-refractivity contribution in [3.63, 3.8) is 0 Å². The van der Waals surface area contributed by atoms with Gasteiger partial charge < -0.3 is 11.1 Å². The number of anilines is 3. The zero-order valence-corrected chi connectivity index (χ0v) is 16.4. The van der Waals surface area contributed by atoms with Crippen molar-refractivity contribution in [1.29, 1.82) is 0 Å². The van der Waals surface area contributed by atoms with Crippen LogP contribution in [0.2, 0.25) is 0 Å². The van der Waals surface area contributed by atoms with E-state index in [0.717, 1.165) is 6.26 Å². The highest BCUT2D eigenvalue weighted by molar-refractivity contribution is 7.90. The van der Waals surface area contributed by atoms with Gasteiger partial charge in [-0.05, 0) is 42.8 Å². The van der Waals surface area contributed by atoms with Crippen LogP contribution in [0.15, 0.2) is 47.5 Å². The van der Waals surface area contributed by atoms with Gasteiger partial charge in [0.1, 0.15) is 17.3 Å². The first-order valence-corrected chi connectivity index (χ1v) is 10.5. The first-order valence-electron chi connectivity index (χ1n) is 8.56. The summed E-state index contributed by atoms with van der Waals surface area (Å²) in [7, 11) is -3.36. The number of H-pyrrole nitrogens is 1. The van der Waals surface area contributed by atoms with Crippen LogP contribution in [0.1, 0.15) is 5.56 Å². The van der Waals surface area contributed by atoms with Crippen LogP contribution >= 0.6 is 0 Å². The summed E-state index contributed by atoms with van der Waals surface area (Å²) in [6.45, 7) is 1.72. The molecule has 0 saturated heterocycles. The Morgan fingerprint density at radius 3 is 2.69 bits per heavy atom. The van der Waals surface area contributed by atoms with Gasteiger partial charge >= 0.3 is 0 Å². The minimum Gasteiger partial charge on any atom is -0.383 e. The fraction of sp³-hybridized carbons (Fsp3) is 0.105. The van der Waals surface area contributed by atoms with Crippen LogP contribution in [0, 0.1) is 12.7 Å². The number of sulfone groups is 1. The van der Waals surface area contributed by atoms with Crippen molar-refractivity contribution < 1.29 is 12.8 Å². The topological polar surface area (TPSA) is 127 Å². The van der Waals surface area contributed by atoms with Crippen molar-refractivity contribution in [2.75, 3.05) is 17.3 Å². The van der Waals surface area contributed by atoms with Gasteiger partial charge in [0, 0.05) is 23.5 Å². The predicted octanol–water partition coefficient (Wildman–Crippen LogP) is 3.20. The zero-order valence-electron chi connectivity index (χ0n) is 15.6. The van der Waals surface area contributed by atoms with E-state index >= 15 is 0 Å². The summed E-state index contributed by atoms with van der Waals surface area (Å²) >= 11 is 0. The molecule has 0 spiro atoms. The molecule has 2 aromatic heterocycles. The van der Waals surface area contributed by atoms with Crippen LogP contribution in [-0.2, 0) is 9.84 Å². The van der Waals surface area contributed by atoms with Crippen LogP contribution in [-0.4, -0.2) is 34.8 Å². The number of nitrogens with zero attached hydrogens (tertiary/aromatic N) is 3. The summed E-state index contributed by atoms with van der Waals surface area (Å²) in [5, 5.41) is 10.5. The number of fused-ring (bicyclic) bond motifs is 1. The lowest BCUT2D eigenvalue weighted by molar-refractivity contribution is 0.601. The van der Waals surface area contributed by atoms with Crippen molar-refractivity contribution in [3.8, 4) is 11.3 Å². The molecule has 2 aromatic carbocycles. The number of rotatable bonds is 4. The van der Waals surface area contributed by atoms with Crippen LogP contribution in [0.3, 0.4) is 0 Å². The lowest BCUT2D eigenvalue weighted by atomic mass is 10.1. The van der Waals surface area contributed by atoms with Gasteiger partial charge in [0.2, 0.25) is 5.95 Å². The molecule has 0 radical (unpaired) electrons. The van der Waals surface area contributed by atoms with Crippen LogP contribution in [0.5, 0.6) is 0 Å². The maximum Gasteiger partial charge on any atom is 0.229 e. The fourth-order valence-electron chi connectivity index (χ4n) is 3.04. The maximum absolute atomic E-state index is 13.6. The van der Waals surface area contributed by atoms with Crippen molar-refractivity contribution in [2.24, 2.45) is 0 Å². The maximum atomic E-state index is 13.6. The number of nitrogen functional groups attached to an aromatic ring is 1. The van der Waals surface area contributed by atoms with E-state index in [0.29, 0.717) is 33.4 Å². The third-order valence-electron chi connectivity index (χ3n) is 4.44. The smallest absolute Gasteiger partial charge is 0.229 e. The second-order valence-electron chi connectivity index (χ2n) is 6.63. The summed E-state index contributed by atoms with van der Waals surface area (Å²) in [5.41, 5.74) is 8.80. The third kappa shape index (κ3) is 3.61. The van der Waals surface area contributed by atoms with E-state index in [4.69, 9.17) is 5.73 Å². The number of hydrogen-bond acceptors (Lipinski definition) is 7. The van der Waals surface area contributed by atoms with Gasteiger partial charge in [-0.25, -0.2) is 17.8 Å². The van der Waals surface area contributed by atoms with Crippen molar-refractivity contribution in [2.45, 2.75) is 11.8 Å². The molecule has 0 aliphatic carbocycles. The quantitative estimate of drug-likeness (QED) is 0.470. The molecule has 10 heteroatoms. The Morgan fingerprint density at radius 1 is 1.17 bits per heavy atom. The van der Waals surface area contributed by atoms with Crippen LogP contribution in [0.25, 0.3) is 22.2 Å². The number of nitrogens with two attached hydrogens (primary N) is 1. The van der Waals surface area contributed by atoms with Crippen LogP contribution < -0.4 is 11.1 Å². The number of halogens is 1. The molecule has 4 rings (SSSR count). The molecule has 4 N–H and O–H groups in total. The molecule has 0 atom stereocenters. The summed E-state index contributed by atoms with van der Waals surface area (Å²) < 4.78 is 37.4. The molecule has 0 amide bonds. The van der Waals surface area contributed by atoms with Crippen molar-refractivity contribution in [3.05, 3.63) is 54.0 Å². The molecule has 148 valence electrons. The number of nitrogens with one attached hydrogen (secondary N) is 2. The van der Waals surface area contributed by atoms with E-state index in [1.807, 2.05) is 0 Å². The van der Waals surface area contributed by atoms with E-state index in [1.54, 1.807) is 25.1 Å². The zero-order chi connectivity index (χ0) is 20.8. The van der Waals surface area contributed by atoms with E-state index < -0.39 is 9.84 Å². The monoisotopic (exact) mass is 412 g/mol. The average molecular weight is 412 g/mol. The van der Waals surface area contributed by atoms with Gasteiger partial charge in [-0.15, -0.1) is 0 Å². The Labute approximate surface area is 165 Å². The first-order chi connectivity index (χ1) is 13.7. The van der Waals surface area contributed by atoms with E-state index in [1.165, 1.54) is 24.4 Å². The Morgan fingerprint density at radius 2 is 1.97 bits per heavy atom. The molecule has 0 aliphatic heterocycles. The molecule has 2 heterocycles. The largest absolute Gasteiger partial charge is 0.383 e. The number of aryl methyl sites for hydroxylation is 1. The molecule has 4 aromatic rings. The third-order valence-corrected chi connectivity index (χ3v) is 5.68. The molecule has 29 heavy (non-hydrogen) atoms. The molecular formula is C19H17FN6O2S. The summed E-state index contributed by atoms with van der Waals surface area (Å²) in [5.74, 6) is -0.0461. The summed E-state index contributed by atoms with van der Waals surface area (Å²) in [6.07, 6.45) is 2.64. The second-order valence-corrected chi connectivity index (χ2v) is 8.62. The van der Waals surface area contributed by atoms with Crippen LogP contribution in [0.4, 0.5) is 21.8 Å². The van der Waals surface area contributed by atoms with Gasteiger partial charge in [-0.2, -0.15) is 10.1 Å². The highest BCUT2D eigenvalue weighted by Crippen LogP contribution is 2.30. The summed E-state index contributed by atoms with van der Waals surface area (Å²) in [4.78, 5) is 8.68. The Hall–Kier alpha value is -3.53. The molecular weight excluding hydrogens is 395 g/mol. The van der Waals surface area contributed by atoms with E-state index in [-0.39, 0.29) is 22.5 Å².